The number of para-hydroxylation sites is 3. The highest BCUT2D eigenvalue weighted by Gasteiger charge is 2.28. The van der Waals surface area contributed by atoms with Gasteiger partial charge in [0.2, 0.25) is 0 Å². The molecule has 20 rings (SSSR count). The van der Waals surface area contributed by atoms with Gasteiger partial charge >= 0.3 is 22.8 Å². The fourth-order valence-corrected chi connectivity index (χ4v) is 17.8. The quantitative estimate of drug-likeness (QED) is 0.0410. The highest BCUT2D eigenvalue weighted by Crippen LogP contribution is 2.36. The zero-order chi connectivity index (χ0) is 101. The lowest BCUT2D eigenvalue weighted by atomic mass is 10.1. The third-order valence-corrected chi connectivity index (χ3v) is 24.8. The van der Waals surface area contributed by atoms with Crippen LogP contribution in [0, 0.1) is 29.5 Å². The Bertz CT molecular complexity index is 8160. The van der Waals surface area contributed by atoms with Gasteiger partial charge in [0, 0.05) is 177 Å². The molecule has 0 radical (unpaired) electrons. The molecule has 32 heteroatoms. The molecule has 31 nitrogen and oxygen atoms in total. The van der Waals surface area contributed by atoms with E-state index in [9.17, 15) is 42.7 Å². The lowest BCUT2D eigenvalue weighted by molar-refractivity contribution is 0.502. The van der Waals surface area contributed by atoms with Gasteiger partial charge in [0.05, 0.1) is 39.1 Å². The minimum atomic E-state index is -0.381. The molecule has 0 saturated heterocycles. The van der Waals surface area contributed by atoms with Crippen LogP contribution in [0.2, 0.25) is 0 Å². The molecular weight excluding hydrogens is 1850 g/mol. The minimum absolute atomic E-state index is 0. The van der Waals surface area contributed by atoms with Crippen molar-refractivity contribution in [3.05, 3.63) is 429 Å². The normalized spacial score (nSPS) is 11.1. The maximum Gasteiger partial charge on any atom is 0.331 e. The molecule has 0 aliphatic carbocycles. The van der Waals surface area contributed by atoms with Gasteiger partial charge in [0.1, 0.15) is 63.3 Å². The predicted molar refractivity (Wildman–Crippen MR) is 592 cm³/mol. The van der Waals surface area contributed by atoms with Crippen LogP contribution in [0.3, 0.4) is 0 Å². The molecular formula is C115H130FN23O8. The second kappa shape index (κ2) is 46.7. The van der Waals surface area contributed by atoms with Gasteiger partial charge in [-0.3, -0.25) is 60.7 Å². The molecule has 0 unspecified atom stereocenters. The van der Waals surface area contributed by atoms with Gasteiger partial charge in [-0.1, -0.05) is 206 Å². The molecule has 20 aromatic rings. The Kier molecular flexibility index (Phi) is 34.0. The Balaban J connectivity index is 0.000000162. The van der Waals surface area contributed by atoms with Crippen LogP contribution in [0.5, 0.6) is 0 Å². The number of fused-ring (bicyclic) bond motifs is 4. The van der Waals surface area contributed by atoms with E-state index in [0.717, 1.165) is 78.0 Å². The first-order valence-electron chi connectivity index (χ1n) is 47.5. The molecule has 0 aliphatic heterocycles. The SMILES string of the molecule is C.C.C.C.CC(C)Cn1c(=O)n(C)c(=O)c2c(N(C)c3ccccc3)n(Cc3ccc(-n4cccc4)cc3)cc21.CC(C)Cn1c(=O)n(C)c(=O)c2c(Nc3ccc(F)cc3)n(Cc3ccc(-c4ccccn4)cc3)cc21.CC(C)Cn1c(=O)n(C)c(=O)c2c(Nc3ccccc3)n(Cc3ccc(-n4cccn4)cc3)cc21.CC(C)Cn1c(=O)n(C)c(=O)c2c(Nc3ccccc3)n(Cc3ccc(-n4cncn4)cc3)cc21. The van der Waals surface area contributed by atoms with Gasteiger partial charge in [-0.05, 0) is 173 Å². The van der Waals surface area contributed by atoms with Crippen LogP contribution in [0.4, 0.5) is 50.4 Å². The van der Waals surface area contributed by atoms with Crippen molar-refractivity contribution in [2.24, 2.45) is 51.9 Å². The smallest absolute Gasteiger partial charge is 0.331 e. The predicted octanol–water partition coefficient (Wildman–Crippen LogP) is 20.1. The average molecular weight is 1980 g/mol. The number of halogens is 1. The fraction of sp³-hybridized carbons (Fsp3) is 0.252. The number of pyridine rings is 1. The van der Waals surface area contributed by atoms with Gasteiger partial charge < -0.3 is 43.7 Å². The summed E-state index contributed by atoms with van der Waals surface area (Å²) in [5, 5.41) is 20.6. The number of nitrogens with zero attached hydrogens (tertiary/aromatic N) is 20. The summed E-state index contributed by atoms with van der Waals surface area (Å²) in [6.45, 7) is 20.6. The number of hydrogen-bond acceptors (Lipinski definition) is 16. The molecule has 12 heterocycles. The number of hydrogen-bond donors (Lipinski definition) is 3. The van der Waals surface area contributed by atoms with Crippen LogP contribution < -0.4 is 65.8 Å². The van der Waals surface area contributed by atoms with E-state index in [1.54, 1.807) is 67.9 Å². The maximum absolute atomic E-state index is 13.5. The van der Waals surface area contributed by atoms with E-state index in [1.165, 1.54) is 46.3 Å². The molecule has 760 valence electrons. The van der Waals surface area contributed by atoms with Crippen molar-refractivity contribution in [1.82, 2.24) is 88.9 Å². The summed E-state index contributed by atoms with van der Waals surface area (Å²) in [4.78, 5) is 116. The molecule has 12 aromatic heterocycles. The van der Waals surface area contributed by atoms with Crippen molar-refractivity contribution in [3.8, 4) is 28.3 Å². The van der Waals surface area contributed by atoms with Crippen molar-refractivity contribution >= 4 is 89.6 Å². The molecule has 8 aromatic carbocycles. The van der Waals surface area contributed by atoms with Crippen molar-refractivity contribution in [1.29, 1.82) is 0 Å². The van der Waals surface area contributed by atoms with Crippen LogP contribution in [0.1, 0.15) is 107 Å². The molecule has 0 spiro atoms. The monoisotopic (exact) mass is 1980 g/mol. The van der Waals surface area contributed by atoms with E-state index in [2.05, 4.69) is 111 Å². The molecule has 147 heavy (non-hydrogen) atoms. The van der Waals surface area contributed by atoms with Crippen LogP contribution in [0.15, 0.2) is 356 Å². The van der Waals surface area contributed by atoms with E-state index >= 15 is 0 Å². The fourth-order valence-electron chi connectivity index (χ4n) is 17.8. The summed E-state index contributed by atoms with van der Waals surface area (Å²) in [5.41, 5.74) is 12.4. The Morgan fingerprint density at radius 1 is 0.340 bits per heavy atom. The van der Waals surface area contributed by atoms with Gasteiger partial charge in [0.15, 0.2) is 0 Å². The molecule has 0 fully saturated rings. The molecule has 3 N–H and O–H groups in total. The number of anilines is 8. The first-order valence-corrected chi connectivity index (χ1v) is 47.5. The van der Waals surface area contributed by atoms with Crippen molar-refractivity contribution in [3.63, 3.8) is 0 Å². The van der Waals surface area contributed by atoms with E-state index in [0.29, 0.717) is 119 Å². The van der Waals surface area contributed by atoms with Crippen LogP contribution in [-0.4, -0.2) is 95.9 Å². The molecule has 0 bridgehead atoms. The van der Waals surface area contributed by atoms with Gasteiger partial charge in [-0.25, -0.2) is 37.9 Å². The first-order chi connectivity index (χ1) is 69.0. The zero-order valence-corrected chi connectivity index (χ0v) is 82.1. The molecule has 0 saturated carbocycles. The third kappa shape index (κ3) is 23.3. The largest absolute Gasteiger partial charge is 0.341 e. The Morgan fingerprint density at radius 3 is 1.05 bits per heavy atom. The highest BCUT2D eigenvalue weighted by molar-refractivity contribution is 5.96. The van der Waals surface area contributed by atoms with Crippen molar-refractivity contribution < 1.29 is 4.39 Å². The first kappa shape index (κ1) is 107. The second-order valence-corrected chi connectivity index (χ2v) is 37.3. The third-order valence-electron chi connectivity index (χ3n) is 24.8. The summed E-state index contributed by atoms with van der Waals surface area (Å²) < 4.78 is 38.7. The topological polar surface area (TPSA) is 301 Å². The summed E-state index contributed by atoms with van der Waals surface area (Å²) >= 11 is 0. The summed E-state index contributed by atoms with van der Waals surface area (Å²) in [7, 11) is 8.10. The Morgan fingerprint density at radius 2 is 0.687 bits per heavy atom. The van der Waals surface area contributed by atoms with Gasteiger partial charge in [0.25, 0.3) is 22.2 Å². The lowest BCUT2D eigenvalue weighted by Gasteiger charge is -2.22. The van der Waals surface area contributed by atoms with Crippen molar-refractivity contribution in [2.45, 2.75) is 137 Å². The van der Waals surface area contributed by atoms with Crippen LogP contribution in [0.25, 0.3) is 71.9 Å². The number of aromatic nitrogens is 19. The summed E-state index contributed by atoms with van der Waals surface area (Å²) in [5.74, 6) is 3.24. The minimum Gasteiger partial charge on any atom is -0.341 e. The molecule has 0 aliphatic rings. The van der Waals surface area contributed by atoms with Crippen LogP contribution >= 0.6 is 0 Å². The molecule has 0 atom stereocenters. The van der Waals surface area contributed by atoms with E-state index in [4.69, 9.17) is 0 Å². The average Bonchev–Trinajstić information content (AvgIpc) is 1.61. The second-order valence-electron chi connectivity index (χ2n) is 37.3. The standard InChI is InChI=1S/C29H28FN5O2.C29H31N5O2.C27H28N6O2.C26H27N7O2.4CH4/c1-19(2)16-35-25-18-34(17-20-7-9-21(10-8-20)24-6-4-5-15-31-24)27(26(25)28(36)33(3)29(35)37)32-23-13-11-22(30)12-14-23;1-21(2)18-34-25-20-33(19-22-12-14-24(15-13-22)32-16-8-9-17-32)27(26(25)28(35)31(4)29(34)36)30(3)23-10-6-5-7-11-23;1-19(2)16-32-23-18-31(17-20-10-12-22(13-11-20)33-15-7-14-28-33)25(29-21-8-5-4-6-9-21)24(23)26(34)30(3)27(32)35;1-18(2)13-32-22-15-31(14-19-9-11-21(12-10-19)33-17-27-16-28-33)24(29-20-7-5-4-6-8-20)23(22)25(34)30(3)26(32)35;;;;/h4-15,18-19,32H,16-17H2,1-3H3;5-17,20-21H,18-19H2,1-4H3;4-15,18-19,29H,16-17H2,1-3H3;4-12,15-18,29H,13-14H2,1-3H3;4*1H4. The van der Waals surface area contributed by atoms with E-state index in [1.807, 2.05) is 288 Å². The zero-order valence-electron chi connectivity index (χ0n) is 82.1. The summed E-state index contributed by atoms with van der Waals surface area (Å²) in [6, 6.07) is 79.7. The number of rotatable bonds is 28. The Labute approximate surface area is 852 Å². The van der Waals surface area contributed by atoms with Crippen molar-refractivity contribution in [2.75, 3.05) is 27.9 Å². The maximum atomic E-state index is 13.5. The molecule has 0 amide bonds. The van der Waals surface area contributed by atoms with Gasteiger partial charge in [-0.15, -0.1) is 0 Å². The van der Waals surface area contributed by atoms with Crippen LogP contribution in [-0.2, 0) is 80.5 Å². The lowest BCUT2D eigenvalue weighted by Crippen LogP contribution is -2.38. The van der Waals surface area contributed by atoms with E-state index < -0.39 is 0 Å². The number of nitrogens with one attached hydrogen (secondary N) is 3. The Hall–Kier alpha value is -17.5. The van der Waals surface area contributed by atoms with E-state index in [-0.39, 0.29) is 104 Å². The van der Waals surface area contributed by atoms with Gasteiger partial charge in [-0.2, -0.15) is 10.2 Å². The number of benzene rings is 8. The highest BCUT2D eigenvalue weighted by atomic mass is 19.1. The summed E-state index contributed by atoms with van der Waals surface area (Å²) in [6.07, 6.45) is 20.2.